The predicted octanol–water partition coefficient (Wildman–Crippen LogP) is 6.07. The summed E-state index contributed by atoms with van der Waals surface area (Å²) >= 11 is 0. The van der Waals surface area contributed by atoms with Crippen molar-refractivity contribution >= 4 is 23.6 Å². The molecule has 0 aromatic heterocycles. The number of carbonyl (C=O) groups is 2. The maximum absolute atomic E-state index is 13.8. The normalized spacial score (nSPS) is 13.7. The highest BCUT2D eigenvalue weighted by atomic mass is 19.1. The predicted molar refractivity (Wildman–Crippen MR) is 146 cm³/mol. The number of hydrogen-bond acceptors (Lipinski definition) is 3. The second kappa shape index (κ2) is 11.1. The molecule has 0 spiro atoms. The molecule has 0 fully saturated rings. The van der Waals surface area contributed by atoms with Crippen molar-refractivity contribution in [2.45, 2.75) is 19.9 Å². The molecule has 1 heterocycles. The van der Waals surface area contributed by atoms with E-state index < -0.39 is 0 Å². The Morgan fingerprint density at radius 3 is 2.45 bits per heavy atom. The molecule has 0 saturated heterocycles. The lowest BCUT2D eigenvalue weighted by Crippen LogP contribution is -2.36. The fourth-order valence-corrected chi connectivity index (χ4v) is 4.30. The van der Waals surface area contributed by atoms with E-state index in [1.807, 2.05) is 19.1 Å². The molecule has 0 radical (unpaired) electrons. The van der Waals surface area contributed by atoms with Gasteiger partial charge in [0.25, 0.3) is 11.8 Å². The van der Waals surface area contributed by atoms with Crippen LogP contribution in [0.25, 0.3) is 6.08 Å². The number of anilines is 1. The highest BCUT2D eigenvalue weighted by molar-refractivity contribution is 6.09. The van der Waals surface area contributed by atoms with Gasteiger partial charge >= 0.3 is 0 Å². The summed E-state index contributed by atoms with van der Waals surface area (Å²) < 4.78 is 19.7. The average Bonchev–Trinajstić information content (AvgIpc) is 2.92. The zero-order valence-corrected chi connectivity index (χ0v) is 21.0. The highest BCUT2D eigenvalue weighted by Gasteiger charge is 2.30. The number of hydrogen-bond donors (Lipinski definition) is 1. The Kier molecular flexibility index (Phi) is 7.31. The summed E-state index contributed by atoms with van der Waals surface area (Å²) in [6.07, 6.45) is 2.40. The Hall–Kier alpha value is -4.71. The zero-order valence-electron chi connectivity index (χ0n) is 21.0. The molecule has 1 aliphatic rings. The summed E-state index contributed by atoms with van der Waals surface area (Å²) in [4.78, 5) is 27.5. The smallest absolute Gasteiger partial charge is 0.294 e. The third-order valence-corrected chi connectivity index (χ3v) is 6.35. The number of aryl methyl sites for hydroxylation is 1. The molecule has 0 aliphatic carbocycles. The van der Waals surface area contributed by atoms with Crippen molar-refractivity contribution in [1.82, 2.24) is 5.32 Å². The second-order valence-electron chi connectivity index (χ2n) is 9.21. The first kappa shape index (κ1) is 25.0. The number of fused-ring (bicyclic) bond motifs is 1. The minimum Gasteiger partial charge on any atom is -0.449 e. The van der Waals surface area contributed by atoms with Gasteiger partial charge in [0.2, 0.25) is 0 Å². The fourth-order valence-electron chi connectivity index (χ4n) is 4.30. The topological polar surface area (TPSA) is 58.6 Å². The van der Waals surface area contributed by atoms with E-state index in [2.05, 4.69) is 29.6 Å². The molecule has 0 bridgehead atoms. The summed E-state index contributed by atoms with van der Waals surface area (Å²) in [5.74, 6) is -0.149. The van der Waals surface area contributed by atoms with Gasteiger partial charge in [-0.25, -0.2) is 4.39 Å². The molecule has 1 N–H and O–H groups in total. The van der Waals surface area contributed by atoms with Crippen molar-refractivity contribution in [3.63, 3.8) is 0 Å². The van der Waals surface area contributed by atoms with E-state index in [1.54, 1.807) is 59.5 Å². The molecule has 190 valence electrons. The van der Waals surface area contributed by atoms with E-state index in [4.69, 9.17) is 4.74 Å². The Balaban J connectivity index is 1.29. The van der Waals surface area contributed by atoms with E-state index in [-0.39, 0.29) is 29.9 Å². The van der Waals surface area contributed by atoms with Crippen molar-refractivity contribution in [3.8, 4) is 5.75 Å². The van der Waals surface area contributed by atoms with Gasteiger partial charge in [-0.3, -0.25) is 14.5 Å². The number of carbonyl (C=O) groups excluding carboxylic acids is 2. The van der Waals surface area contributed by atoms with Crippen LogP contribution in [-0.4, -0.2) is 18.4 Å². The van der Waals surface area contributed by atoms with E-state index >= 15 is 0 Å². The van der Waals surface area contributed by atoms with Crippen molar-refractivity contribution in [2.75, 3.05) is 11.4 Å². The number of halogens is 1. The van der Waals surface area contributed by atoms with Crippen LogP contribution in [0.5, 0.6) is 5.75 Å². The molecule has 38 heavy (non-hydrogen) atoms. The van der Waals surface area contributed by atoms with Gasteiger partial charge in [0.15, 0.2) is 11.5 Å². The number of ether oxygens (including phenoxy) is 1. The largest absolute Gasteiger partial charge is 0.449 e. The third kappa shape index (κ3) is 5.81. The van der Waals surface area contributed by atoms with Gasteiger partial charge in [-0.1, -0.05) is 66.2 Å². The van der Waals surface area contributed by atoms with Crippen molar-refractivity contribution in [1.29, 1.82) is 0 Å². The molecule has 4 aromatic rings. The minimum atomic E-state index is -0.355. The molecular formula is C32H27FN2O3. The maximum atomic E-state index is 13.8. The number of rotatable bonds is 7. The Bertz CT molecular complexity index is 1490. The molecule has 1 aliphatic heterocycles. The van der Waals surface area contributed by atoms with Crippen LogP contribution in [0.2, 0.25) is 0 Å². The van der Waals surface area contributed by atoms with Crippen LogP contribution in [0.1, 0.15) is 32.6 Å². The maximum Gasteiger partial charge on any atom is 0.294 e. The number of benzene rings is 4. The van der Waals surface area contributed by atoms with Gasteiger partial charge in [0, 0.05) is 12.1 Å². The first-order valence-electron chi connectivity index (χ1n) is 12.4. The lowest BCUT2D eigenvalue weighted by Gasteiger charge is -2.30. The minimum absolute atomic E-state index is 0.149. The summed E-state index contributed by atoms with van der Waals surface area (Å²) in [6, 6.07) is 28.7. The molecule has 5 rings (SSSR count). The number of nitrogens with one attached hydrogen (secondary N) is 1. The molecule has 0 unspecified atom stereocenters. The highest BCUT2D eigenvalue weighted by Crippen LogP contribution is 2.36. The van der Waals surface area contributed by atoms with E-state index in [1.165, 1.54) is 23.3 Å². The molecule has 0 atom stereocenters. The van der Waals surface area contributed by atoms with Crippen molar-refractivity contribution in [3.05, 3.63) is 136 Å². The first-order valence-corrected chi connectivity index (χ1v) is 12.4. The standard InChI is InChI=1S/C32H27FN2O3/c1-22-9-11-23(12-10-22)17-18-34-31(36)26-15-13-24(14-16-26)20-30-32(37)35(21-25-5-4-6-27(33)19-25)28-7-2-3-8-29(28)38-30/h2-16,19-20H,17-18,21H2,1H3,(H,34,36)/b30-20-. The van der Waals surface area contributed by atoms with Gasteiger partial charge in [0.05, 0.1) is 12.2 Å². The first-order chi connectivity index (χ1) is 18.5. The lowest BCUT2D eigenvalue weighted by atomic mass is 10.1. The van der Waals surface area contributed by atoms with E-state index in [9.17, 15) is 14.0 Å². The van der Waals surface area contributed by atoms with Crippen LogP contribution in [0.4, 0.5) is 10.1 Å². The quantitative estimate of drug-likeness (QED) is 0.310. The number of amides is 2. The molecule has 5 nitrogen and oxygen atoms in total. The summed E-state index contributed by atoms with van der Waals surface area (Å²) in [5.41, 5.74) is 4.92. The SMILES string of the molecule is Cc1ccc(CCNC(=O)c2ccc(/C=C3\Oc4ccccc4N(Cc4cccc(F)c4)C3=O)cc2)cc1. The third-order valence-electron chi connectivity index (χ3n) is 6.35. The van der Waals surface area contributed by atoms with Gasteiger partial charge in [0.1, 0.15) is 5.82 Å². The van der Waals surface area contributed by atoms with Crippen molar-refractivity contribution in [2.24, 2.45) is 0 Å². The van der Waals surface area contributed by atoms with E-state index in [0.717, 1.165) is 12.0 Å². The van der Waals surface area contributed by atoms with Crippen LogP contribution in [0, 0.1) is 12.7 Å². The summed E-state index contributed by atoms with van der Waals surface area (Å²) in [6.45, 7) is 2.79. The lowest BCUT2D eigenvalue weighted by molar-refractivity contribution is -0.117. The van der Waals surface area contributed by atoms with Crippen LogP contribution in [-0.2, 0) is 17.8 Å². The van der Waals surface area contributed by atoms with Crippen LogP contribution < -0.4 is 15.0 Å². The molecular weight excluding hydrogens is 479 g/mol. The van der Waals surface area contributed by atoms with Gasteiger partial charge in [-0.15, -0.1) is 0 Å². The van der Waals surface area contributed by atoms with Gasteiger partial charge < -0.3 is 10.1 Å². The van der Waals surface area contributed by atoms with Gasteiger partial charge in [-0.2, -0.15) is 0 Å². The van der Waals surface area contributed by atoms with Crippen LogP contribution in [0.15, 0.2) is 103 Å². The summed E-state index contributed by atoms with van der Waals surface area (Å²) in [5, 5.41) is 2.95. The Labute approximate surface area is 221 Å². The average molecular weight is 507 g/mol. The van der Waals surface area contributed by atoms with Crippen LogP contribution >= 0.6 is 0 Å². The van der Waals surface area contributed by atoms with Gasteiger partial charge in [-0.05, 0) is 72.5 Å². The molecule has 2 amide bonds. The van der Waals surface area contributed by atoms with E-state index in [0.29, 0.717) is 29.1 Å². The zero-order chi connectivity index (χ0) is 26.5. The molecule has 6 heteroatoms. The van der Waals surface area contributed by atoms with Crippen LogP contribution in [0.3, 0.4) is 0 Å². The molecule has 4 aromatic carbocycles. The Morgan fingerprint density at radius 1 is 0.921 bits per heavy atom. The second-order valence-corrected chi connectivity index (χ2v) is 9.21. The summed E-state index contributed by atoms with van der Waals surface area (Å²) in [7, 11) is 0. The fraction of sp³-hybridized carbons (Fsp3) is 0.125. The molecule has 0 saturated carbocycles. The number of para-hydroxylation sites is 2. The Morgan fingerprint density at radius 2 is 1.68 bits per heavy atom. The van der Waals surface area contributed by atoms with Crippen molar-refractivity contribution < 1.29 is 18.7 Å². The monoisotopic (exact) mass is 506 g/mol. The number of nitrogens with zero attached hydrogens (tertiary/aromatic N) is 1.